The molecule has 0 aromatic rings. The Bertz CT molecular complexity index is 370. The average Bonchev–Trinajstić information content (AvgIpc) is 2.36. The predicted molar refractivity (Wildman–Crippen MR) is 75.1 cm³/mol. The maximum absolute atomic E-state index is 12.7. The van der Waals surface area contributed by atoms with Gasteiger partial charge < -0.3 is 9.47 Å². The van der Waals surface area contributed by atoms with Crippen molar-refractivity contribution in [1.82, 2.24) is 0 Å². The standard InChI is InChI=1S/C17H26O3/c1-2-16(9-19-10-16)11-20-15(18)17-6-12-3-13(7-17)5-14(4-12)8-17/h12-14H,2-11H2,1H3. The number of esters is 1. The zero-order valence-electron chi connectivity index (χ0n) is 12.5. The molecule has 3 nitrogen and oxygen atoms in total. The van der Waals surface area contributed by atoms with Crippen LogP contribution in [-0.4, -0.2) is 25.8 Å². The van der Waals surface area contributed by atoms with Gasteiger partial charge in [0.25, 0.3) is 0 Å². The van der Waals surface area contributed by atoms with Gasteiger partial charge in [-0.1, -0.05) is 6.92 Å². The monoisotopic (exact) mass is 278 g/mol. The third-order valence-corrected chi connectivity index (χ3v) is 6.55. The molecule has 3 heteroatoms. The molecule has 5 aliphatic rings. The Morgan fingerprint density at radius 2 is 1.65 bits per heavy atom. The summed E-state index contributed by atoms with van der Waals surface area (Å²) >= 11 is 0. The molecular formula is C17H26O3. The molecule has 0 atom stereocenters. The van der Waals surface area contributed by atoms with E-state index < -0.39 is 0 Å². The van der Waals surface area contributed by atoms with Crippen LogP contribution in [0.2, 0.25) is 0 Å². The van der Waals surface area contributed by atoms with Crippen molar-refractivity contribution >= 4 is 5.97 Å². The number of carbonyl (C=O) groups excluding carboxylic acids is 1. The van der Waals surface area contributed by atoms with E-state index in [0.29, 0.717) is 6.61 Å². The van der Waals surface area contributed by atoms with Crippen LogP contribution in [0.25, 0.3) is 0 Å². The van der Waals surface area contributed by atoms with E-state index in [1.807, 2.05) is 0 Å². The maximum Gasteiger partial charge on any atom is 0.312 e. The Labute approximate surface area is 121 Å². The molecule has 0 unspecified atom stereocenters. The fraction of sp³-hybridized carbons (Fsp3) is 0.941. The second-order valence-corrected chi connectivity index (χ2v) is 8.12. The van der Waals surface area contributed by atoms with Crippen molar-refractivity contribution in [3.8, 4) is 0 Å². The summed E-state index contributed by atoms with van der Waals surface area (Å²) in [6, 6.07) is 0. The van der Waals surface area contributed by atoms with Crippen molar-refractivity contribution in [2.24, 2.45) is 28.6 Å². The minimum Gasteiger partial charge on any atom is -0.464 e. The van der Waals surface area contributed by atoms with Gasteiger partial charge in [-0.3, -0.25) is 4.79 Å². The van der Waals surface area contributed by atoms with Crippen molar-refractivity contribution in [2.45, 2.75) is 51.9 Å². The molecule has 1 aliphatic heterocycles. The van der Waals surface area contributed by atoms with Crippen LogP contribution in [-0.2, 0) is 14.3 Å². The molecule has 0 aromatic carbocycles. The fourth-order valence-corrected chi connectivity index (χ4v) is 5.51. The molecule has 1 heterocycles. The van der Waals surface area contributed by atoms with E-state index in [2.05, 4.69) is 6.92 Å². The molecule has 20 heavy (non-hydrogen) atoms. The molecule has 4 aliphatic carbocycles. The van der Waals surface area contributed by atoms with E-state index >= 15 is 0 Å². The summed E-state index contributed by atoms with van der Waals surface area (Å²) in [5.41, 5.74) is 0.0201. The van der Waals surface area contributed by atoms with Gasteiger partial charge in [0.1, 0.15) is 6.61 Å². The van der Waals surface area contributed by atoms with Crippen LogP contribution in [0, 0.1) is 28.6 Å². The molecule has 0 aromatic heterocycles. The number of hydrogen-bond donors (Lipinski definition) is 0. The smallest absolute Gasteiger partial charge is 0.312 e. The first kappa shape index (κ1) is 13.1. The highest BCUT2D eigenvalue weighted by atomic mass is 16.5. The largest absolute Gasteiger partial charge is 0.464 e. The van der Waals surface area contributed by atoms with Crippen LogP contribution in [0.5, 0.6) is 0 Å². The lowest BCUT2D eigenvalue weighted by atomic mass is 9.49. The van der Waals surface area contributed by atoms with Crippen LogP contribution in [0.3, 0.4) is 0 Å². The predicted octanol–water partition coefficient (Wildman–Crippen LogP) is 3.17. The lowest BCUT2D eigenvalue weighted by molar-refractivity contribution is -0.190. The summed E-state index contributed by atoms with van der Waals surface area (Å²) in [7, 11) is 0. The summed E-state index contributed by atoms with van der Waals surface area (Å²) in [6.45, 7) is 4.26. The molecule has 4 bridgehead atoms. The maximum atomic E-state index is 12.7. The Hall–Kier alpha value is -0.570. The van der Waals surface area contributed by atoms with Crippen LogP contribution in [0.4, 0.5) is 0 Å². The van der Waals surface area contributed by atoms with Crippen LogP contribution in [0.15, 0.2) is 0 Å². The van der Waals surface area contributed by atoms with E-state index in [1.165, 1.54) is 19.3 Å². The number of rotatable bonds is 4. The minimum absolute atomic E-state index is 0.103. The van der Waals surface area contributed by atoms with Crippen molar-refractivity contribution < 1.29 is 14.3 Å². The molecule has 0 radical (unpaired) electrons. The normalized spacial score (nSPS) is 44.1. The van der Waals surface area contributed by atoms with Crippen molar-refractivity contribution in [3.63, 3.8) is 0 Å². The third-order valence-electron chi connectivity index (χ3n) is 6.55. The third kappa shape index (κ3) is 1.93. The topological polar surface area (TPSA) is 35.5 Å². The van der Waals surface area contributed by atoms with Gasteiger partial charge in [0, 0.05) is 0 Å². The van der Waals surface area contributed by atoms with Gasteiger partial charge in [0.05, 0.1) is 24.0 Å². The van der Waals surface area contributed by atoms with E-state index in [-0.39, 0.29) is 16.8 Å². The highest BCUT2D eigenvalue weighted by Gasteiger charge is 2.55. The Kier molecular flexibility index (Phi) is 2.93. The molecule has 0 spiro atoms. The summed E-state index contributed by atoms with van der Waals surface area (Å²) in [5, 5.41) is 0. The van der Waals surface area contributed by atoms with E-state index in [1.54, 1.807) is 0 Å². The highest BCUT2D eigenvalue weighted by molar-refractivity contribution is 5.77. The molecule has 4 saturated carbocycles. The summed E-state index contributed by atoms with van der Waals surface area (Å²) in [6.07, 6.45) is 8.48. The van der Waals surface area contributed by atoms with Gasteiger partial charge in [0.15, 0.2) is 0 Å². The quantitative estimate of drug-likeness (QED) is 0.741. The van der Waals surface area contributed by atoms with Crippen LogP contribution in [0.1, 0.15) is 51.9 Å². The number of hydrogen-bond acceptors (Lipinski definition) is 3. The highest BCUT2D eigenvalue weighted by Crippen LogP contribution is 2.60. The summed E-state index contributed by atoms with van der Waals surface area (Å²) in [4.78, 5) is 12.7. The Balaban J connectivity index is 1.43. The van der Waals surface area contributed by atoms with E-state index in [4.69, 9.17) is 9.47 Å². The van der Waals surface area contributed by atoms with Crippen LogP contribution >= 0.6 is 0 Å². The second-order valence-electron chi connectivity index (χ2n) is 8.12. The SMILES string of the molecule is CCC1(COC(=O)C23CC4CC(CC(C4)C2)C3)COC1. The minimum atomic E-state index is -0.103. The van der Waals surface area contributed by atoms with Gasteiger partial charge in [-0.25, -0.2) is 0 Å². The molecule has 1 saturated heterocycles. The van der Waals surface area contributed by atoms with Crippen molar-refractivity contribution in [1.29, 1.82) is 0 Å². The first-order valence-electron chi connectivity index (χ1n) is 8.38. The van der Waals surface area contributed by atoms with Crippen molar-refractivity contribution in [2.75, 3.05) is 19.8 Å². The van der Waals surface area contributed by atoms with E-state index in [0.717, 1.165) is 56.7 Å². The molecule has 112 valence electrons. The first-order chi connectivity index (χ1) is 9.63. The first-order valence-corrected chi connectivity index (χ1v) is 8.38. The lowest BCUT2D eigenvalue weighted by Gasteiger charge is -2.55. The number of carbonyl (C=O) groups is 1. The molecule has 0 N–H and O–H groups in total. The van der Waals surface area contributed by atoms with Gasteiger partial charge in [-0.2, -0.15) is 0 Å². The van der Waals surface area contributed by atoms with Crippen molar-refractivity contribution in [3.05, 3.63) is 0 Å². The Morgan fingerprint density at radius 3 is 2.05 bits per heavy atom. The summed E-state index contributed by atoms with van der Waals surface area (Å²) in [5.74, 6) is 2.54. The zero-order valence-corrected chi connectivity index (χ0v) is 12.5. The summed E-state index contributed by atoms with van der Waals surface area (Å²) < 4.78 is 11.1. The number of ether oxygens (including phenoxy) is 2. The van der Waals surface area contributed by atoms with E-state index in [9.17, 15) is 4.79 Å². The van der Waals surface area contributed by atoms with Crippen LogP contribution < -0.4 is 0 Å². The molecule has 5 rings (SSSR count). The lowest BCUT2D eigenvalue weighted by Crippen LogP contribution is -2.52. The zero-order chi connectivity index (χ0) is 13.8. The molecule has 0 amide bonds. The Morgan fingerprint density at radius 1 is 1.10 bits per heavy atom. The van der Waals surface area contributed by atoms with Gasteiger partial charge in [-0.05, 0) is 62.7 Å². The fourth-order valence-electron chi connectivity index (χ4n) is 5.51. The molecule has 5 fully saturated rings. The van der Waals surface area contributed by atoms with Gasteiger partial charge in [-0.15, -0.1) is 0 Å². The van der Waals surface area contributed by atoms with Gasteiger partial charge in [0.2, 0.25) is 0 Å². The average molecular weight is 278 g/mol. The van der Waals surface area contributed by atoms with Gasteiger partial charge >= 0.3 is 5.97 Å². The molecular weight excluding hydrogens is 252 g/mol. The second kappa shape index (κ2) is 4.46.